The average molecular weight is 517 g/mol. The van der Waals surface area contributed by atoms with Crippen LogP contribution in [-0.2, 0) is 16.8 Å². The number of piperidine rings is 1. The number of nitrogens with zero attached hydrogens (tertiary/aromatic N) is 3. The zero-order valence-corrected chi connectivity index (χ0v) is 23.5. The maximum absolute atomic E-state index is 13.4. The summed E-state index contributed by atoms with van der Waals surface area (Å²) < 4.78 is 11.8. The molecule has 5 rings (SSSR count). The van der Waals surface area contributed by atoms with Crippen molar-refractivity contribution in [3.05, 3.63) is 65.0 Å². The van der Waals surface area contributed by atoms with Crippen molar-refractivity contribution in [2.45, 2.75) is 84.4 Å². The van der Waals surface area contributed by atoms with E-state index in [1.165, 1.54) is 5.56 Å². The summed E-state index contributed by atoms with van der Waals surface area (Å²) in [6, 6.07) is 14.5. The van der Waals surface area contributed by atoms with Crippen molar-refractivity contribution in [2.24, 2.45) is 5.92 Å². The van der Waals surface area contributed by atoms with Crippen molar-refractivity contribution >= 4 is 5.91 Å². The van der Waals surface area contributed by atoms with Crippen LogP contribution in [-0.4, -0.2) is 39.6 Å². The Hall–Kier alpha value is -3.19. The number of rotatable bonds is 5. The van der Waals surface area contributed by atoms with Crippen LogP contribution in [0.1, 0.15) is 82.5 Å². The highest BCUT2D eigenvalue weighted by Gasteiger charge is 2.36. The molecule has 2 aliphatic rings. The summed E-state index contributed by atoms with van der Waals surface area (Å²) in [6.45, 7) is 15.0. The van der Waals surface area contributed by atoms with E-state index >= 15 is 0 Å². The van der Waals surface area contributed by atoms with Gasteiger partial charge < -0.3 is 14.6 Å². The molecule has 3 heterocycles. The molecule has 0 bridgehead atoms. The Labute approximate surface area is 226 Å². The molecule has 2 aliphatic heterocycles. The Morgan fingerprint density at radius 1 is 1.16 bits per heavy atom. The third-order valence-electron chi connectivity index (χ3n) is 7.66. The fraction of sp³-hybridized carbons (Fsp3) is 0.516. The predicted octanol–water partition coefficient (Wildman–Crippen LogP) is 5.97. The van der Waals surface area contributed by atoms with Crippen molar-refractivity contribution in [2.75, 3.05) is 13.1 Å². The Bertz CT molecular complexity index is 1290. The molecule has 0 spiro atoms. The number of hydrogen-bond acceptors (Lipinski definition) is 6. The molecule has 1 amide bonds. The molecular weight excluding hydrogens is 476 g/mol. The monoisotopic (exact) mass is 516 g/mol. The molecular formula is C31H40N4O3. The molecule has 2 atom stereocenters. The number of carbonyl (C=O) groups is 1. The highest BCUT2D eigenvalue weighted by molar-refractivity contribution is 5.79. The lowest BCUT2D eigenvalue weighted by atomic mass is 9.87. The number of aryl methyl sites for hydroxylation is 1. The van der Waals surface area contributed by atoms with E-state index in [1.54, 1.807) is 0 Å². The first kappa shape index (κ1) is 26.4. The maximum Gasteiger partial charge on any atom is 0.241 e. The van der Waals surface area contributed by atoms with E-state index in [0.717, 1.165) is 48.2 Å². The fourth-order valence-electron chi connectivity index (χ4n) is 5.54. The summed E-state index contributed by atoms with van der Waals surface area (Å²) in [5, 5.41) is 7.56. The number of aromatic nitrogens is 2. The number of carbonyl (C=O) groups excluding carboxylic acids is 1. The van der Waals surface area contributed by atoms with Gasteiger partial charge in [0.25, 0.3) is 0 Å². The van der Waals surface area contributed by atoms with Crippen molar-refractivity contribution in [3.8, 4) is 17.1 Å². The highest BCUT2D eigenvalue weighted by atomic mass is 16.5. The van der Waals surface area contributed by atoms with Gasteiger partial charge in [0.05, 0.1) is 18.5 Å². The minimum absolute atomic E-state index is 0.0552. The largest absolute Gasteiger partial charge is 0.487 e. The molecule has 3 aromatic rings. The minimum atomic E-state index is -0.333. The zero-order chi connectivity index (χ0) is 27.1. The van der Waals surface area contributed by atoms with Gasteiger partial charge >= 0.3 is 0 Å². The lowest BCUT2D eigenvalue weighted by Gasteiger charge is -2.39. The van der Waals surface area contributed by atoms with Gasteiger partial charge in [-0.3, -0.25) is 9.69 Å². The van der Waals surface area contributed by atoms with Crippen LogP contribution < -0.4 is 10.1 Å². The summed E-state index contributed by atoms with van der Waals surface area (Å²) in [6.07, 6.45) is 2.58. The smallest absolute Gasteiger partial charge is 0.241 e. The molecule has 38 heavy (non-hydrogen) atoms. The SMILES string of the molecule is Cc1ccc2c(c1)OC(C)(C)CC2NC(=O)C1CCCN(Cc2nc(-c3ccc(C(C)(C)C)cc3)no2)C1. The number of ether oxygens (including phenoxy) is 1. The maximum atomic E-state index is 13.4. The van der Waals surface area contributed by atoms with Gasteiger partial charge in [-0.1, -0.05) is 62.3 Å². The van der Waals surface area contributed by atoms with Gasteiger partial charge in [-0.05, 0) is 62.8 Å². The first-order valence-corrected chi connectivity index (χ1v) is 13.7. The molecule has 1 N–H and O–H groups in total. The third kappa shape index (κ3) is 5.93. The lowest BCUT2D eigenvalue weighted by molar-refractivity contribution is -0.128. The molecule has 2 unspecified atom stereocenters. The van der Waals surface area contributed by atoms with E-state index in [-0.39, 0.29) is 28.9 Å². The second-order valence-electron chi connectivity index (χ2n) is 12.6. The van der Waals surface area contributed by atoms with Gasteiger partial charge in [-0.2, -0.15) is 4.98 Å². The Morgan fingerprint density at radius 3 is 2.66 bits per heavy atom. The van der Waals surface area contributed by atoms with E-state index in [0.29, 0.717) is 24.8 Å². The van der Waals surface area contributed by atoms with Crippen LogP contribution >= 0.6 is 0 Å². The van der Waals surface area contributed by atoms with Crippen molar-refractivity contribution in [3.63, 3.8) is 0 Å². The highest BCUT2D eigenvalue weighted by Crippen LogP contribution is 2.40. The van der Waals surface area contributed by atoms with Gasteiger partial charge in [0.2, 0.25) is 17.6 Å². The summed E-state index contributed by atoms with van der Waals surface area (Å²) in [5.74, 6) is 2.08. The molecule has 1 fully saturated rings. The summed E-state index contributed by atoms with van der Waals surface area (Å²) in [4.78, 5) is 20.3. The number of benzene rings is 2. The molecule has 0 saturated carbocycles. The van der Waals surface area contributed by atoms with Crippen LogP contribution in [0.15, 0.2) is 47.0 Å². The third-order valence-corrected chi connectivity index (χ3v) is 7.66. The fourth-order valence-corrected chi connectivity index (χ4v) is 5.54. The first-order chi connectivity index (χ1) is 18.0. The van der Waals surface area contributed by atoms with Crippen LogP contribution in [0.3, 0.4) is 0 Å². The molecule has 7 heteroatoms. The van der Waals surface area contributed by atoms with E-state index in [4.69, 9.17) is 9.26 Å². The van der Waals surface area contributed by atoms with Crippen LogP contribution in [0.2, 0.25) is 0 Å². The minimum Gasteiger partial charge on any atom is -0.487 e. The Balaban J connectivity index is 1.21. The number of fused-ring (bicyclic) bond motifs is 1. The van der Waals surface area contributed by atoms with Gasteiger partial charge in [0, 0.05) is 24.1 Å². The van der Waals surface area contributed by atoms with Gasteiger partial charge in [-0.25, -0.2) is 0 Å². The zero-order valence-electron chi connectivity index (χ0n) is 23.5. The van der Waals surface area contributed by atoms with Crippen molar-refractivity contribution in [1.29, 1.82) is 0 Å². The topological polar surface area (TPSA) is 80.5 Å². The van der Waals surface area contributed by atoms with Crippen molar-refractivity contribution < 1.29 is 14.1 Å². The second-order valence-corrected chi connectivity index (χ2v) is 12.6. The van der Waals surface area contributed by atoms with E-state index in [1.807, 2.05) is 12.1 Å². The van der Waals surface area contributed by atoms with Crippen LogP contribution in [0.5, 0.6) is 5.75 Å². The Kier molecular flexibility index (Phi) is 7.07. The molecule has 7 nitrogen and oxygen atoms in total. The molecule has 2 aromatic carbocycles. The molecule has 202 valence electrons. The second kappa shape index (κ2) is 10.2. The van der Waals surface area contributed by atoms with Gasteiger partial charge in [0.15, 0.2) is 0 Å². The molecule has 1 saturated heterocycles. The lowest BCUT2D eigenvalue weighted by Crippen LogP contribution is -2.46. The predicted molar refractivity (Wildman–Crippen MR) is 148 cm³/mol. The number of amides is 1. The van der Waals surface area contributed by atoms with Gasteiger partial charge in [-0.15, -0.1) is 0 Å². The molecule has 1 aromatic heterocycles. The van der Waals surface area contributed by atoms with Gasteiger partial charge in [0.1, 0.15) is 11.4 Å². The standard InChI is InChI=1S/C31H40N4O3/c1-20-9-14-24-25(17-31(5,6)37-26(24)16-20)32-29(36)22-8-7-15-35(18-22)19-27-33-28(34-38-27)21-10-12-23(13-11-21)30(2,3)4/h9-14,16,22,25H,7-8,15,17-19H2,1-6H3,(H,32,36). The van der Waals surface area contributed by atoms with Crippen LogP contribution in [0.25, 0.3) is 11.4 Å². The molecule has 0 aliphatic carbocycles. The van der Waals surface area contributed by atoms with E-state index < -0.39 is 0 Å². The Morgan fingerprint density at radius 2 is 1.92 bits per heavy atom. The quantitative estimate of drug-likeness (QED) is 0.450. The van der Waals surface area contributed by atoms with Crippen LogP contribution in [0, 0.1) is 12.8 Å². The average Bonchev–Trinajstić information content (AvgIpc) is 3.31. The summed E-state index contributed by atoms with van der Waals surface area (Å²) >= 11 is 0. The normalized spacial score (nSPS) is 21.4. The van der Waals surface area contributed by atoms with E-state index in [2.05, 4.69) is 92.2 Å². The van der Waals surface area contributed by atoms with Crippen molar-refractivity contribution in [1.82, 2.24) is 20.4 Å². The van der Waals surface area contributed by atoms with E-state index in [9.17, 15) is 4.79 Å². The first-order valence-electron chi connectivity index (χ1n) is 13.7. The molecule has 0 radical (unpaired) electrons. The summed E-state index contributed by atoms with van der Waals surface area (Å²) in [5.41, 5.74) is 4.19. The summed E-state index contributed by atoms with van der Waals surface area (Å²) in [7, 11) is 0. The van der Waals surface area contributed by atoms with Crippen LogP contribution in [0.4, 0.5) is 0 Å². The number of hydrogen-bond donors (Lipinski definition) is 1. The number of likely N-dealkylation sites (tertiary alicyclic amines) is 1. The number of nitrogens with one attached hydrogen (secondary N) is 1.